The van der Waals surface area contributed by atoms with E-state index in [1.807, 2.05) is 4.90 Å². The zero-order valence-electron chi connectivity index (χ0n) is 21.4. The van der Waals surface area contributed by atoms with Crippen LogP contribution in [0, 0.1) is 0 Å². The van der Waals surface area contributed by atoms with E-state index < -0.39 is 18.1 Å². The Labute approximate surface area is 226 Å². The van der Waals surface area contributed by atoms with Crippen LogP contribution in [0.15, 0.2) is 53.2 Å². The lowest BCUT2D eigenvalue weighted by atomic mass is 9.89. The number of rotatable bonds is 7. The Bertz CT molecular complexity index is 1250. The molecule has 2 aliphatic rings. The van der Waals surface area contributed by atoms with Crippen LogP contribution in [0.2, 0.25) is 0 Å². The summed E-state index contributed by atoms with van der Waals surface area (Å²) < 4.78 is 85.7. The van der Waals surface area contributed by atoms with Gasteiger partial charge in [0.05, 0.1) is 11.8 Å². The maximum Gasteiger partial charge on any atom is 0.573 e. The van der Waals surface area contributed by atoms with Crippen molar-refractivity contribution in [1.82, 2.24) is 15.3 Å². The number of aromatic nitrogens is 2. The van der Waals surface area contributed by atoms with E-state index in [1.54, 1.807) is 0 Å². The molecule has 2 aromatic heterocycles. The second kappa shape index (κ2) is 11.6. The van der Waals surface area contributed by atoms with Crippen molar-refractivity contribution in [3.63, 3.8) is 0 Å². The highest BCUT2D eigenvalue weighted by molar-refractivity contribution is 5.58. The molecule has 13 heteroatoms. The van der Waals surface area contributed by atoms with Crippen LogP contribution < -0.4 is 20.3 Å². The number of hydrogen-bond donors (Lipinski definition) is 2. The predicted octanol–water partition coefficient (Wildman–Crippen LogP) is 6.64. The van der Waals surface area contributed by atoms with Gasteiger partial charge in [0.1, 0.15) is 11.6 Å². The van der Waals surface area contributed by atoms with Crippen molar-refractivity contribution in [3.8, 4) is 17.1 Å². The molecule has 2 N–H and O–H groups in total. The summed E-state index contributed by atoms with van der Waals surface area (Å²) in [6.07, 6.45) is -1.00. The van der Waals surface area contributed by atoms with Gasteiger partial charge in [-0.15, -0.1) is 13.2 Å². The molecular weight excluding hydrogens is 540 g/mol. The molecular formula is C27H29F6N5O2. The summed E-state index contributed by atoms with van der Waals surface area (Å²) in [4.78, 5) is 10.4. The Kier molecular flexibility index (Phi) is 8.11. The molecule has 1 aliphatic heterocycles. The van der Waals surface area contributed by atoms with E-state index in [2.05, 4.69) is 25.3 Å². The second-order valence-corrected chi connectivity index (χ2v) is 10.1. The number of nitrogens with one attached hydrogen (secondary N) is 2. The molecule has 1 aromatic carbocycles. The lowest BCUT2D eigenvalue weighted by Gasteiger charge is -2.39. The van der Waals surface area contributed by atoms with Crippen molar-refractivity contribution in [3.05, 3.63) is 54.4 Å². The van der Waals surface area contributed by atoms with Gasteiger partial charge in [0.15, 0.2) is 5.76 Å². The first-order chi connectivity index (χ1) is 19.0. The zero-order chi connectivity index (χ0) is 28.3. The number of anilines is 2. The van der Waals surface area contributed by atoms with Crippen molar-refractivity contribution in [2.45, 2.75) is 69.2 Å². The number of benzene rings is 1. The summed E-state index contributed by atoms with van der Waals surface area (Å²) in [5, 5.41) is 7.11. The van der Waals surface area contributed by atoms with Gasteiger partial charge in [-0.2, -0.15) is 13.2 Å². The lowest BCUT2D eigenvalue weighted by molar-refractivity contribution is -0.274. The standard InChI is InChI=1S/C27H29F6N5O2/c28-26(29,30)18-9-12-24(34-14-18)38-13-3-4-19(16-38)36-21-5-1-2-6-22(21)37-25-35-15-23(39-25)17-7-10-20(11-8-17)40-27(31,32)33/h7-12,14-15,19,21-22,36H,1-6,13,16H2,(H,35,37)/t19-,21?,22?/m0/s1. The van der Waals surface area contributed by atoms with Gasteiger partial charge in [-0.3, -0.25) is 0 Å². The summed E-state index contributed by atoms with van der Waals surface area (Å²) in [6.45, 7) is 1.37. The number of ether oxygens (including phenoxy) is 1. The van der Waals surface area contributed by atoms with Gasteiger partial charge < -0.3 is 24.7 Å². The number of halogens is 6. The predicted molar refractivity (Wildman–Crippen MR) is 136 cm³/mol. The van der Waals surface area contributed by atoms with Crippen molar-refractivity contribution >= 4 is 11.8 Å². The summed E-state index contributed by atoms with van der Waals surface area (Å²) in [6, 6.07) is 8.50. The molecule has 0 radical (unpaired) electrons. The lowest BCUT2D eigenvalue weighted by Crippen LogP contribution is -2.55. The van der Waals surface area contributed by atoms with E-state index in [0.29, 0.717) is 29.7 Å². The van der Waals surface area contributed by atoms with Crippen LogP contribution in [0.1, 0.15) is 44.1 Å². The molecule has 0 amide bonds. The fourth-order valence-corrected chi connectivity index (χ4v) is 5.32. The molecule has 1 saturated heterocycles. The molecule has 40 heavy (non-hydrogen) atoms. The molecule has 7 nitrogen and oxygen atoms in total. The number of hydrogen-bond acceptors (Lipinski definition) is 7. The molecule has 1 aliphatic carbocycles. The van der Waals surface area contributed by atoms with Gasteiger partial charge >= 0.3 is 12.5 Å². The van der Waals surface area contributed by atoms with Gasteiger partial charge in [-0.1, -0.05) is 12.8 Å². The third kappa shape index (κ3) is 7.18. The number of alkyl halides is 6. The van der Waals surface area contributed by atoms with Crippen LogP contribution in [-0.4, -0.2) is 47.5 Å². The second-order valence-electron chi connectivity index (χ2n) is 10.1. The number of oxazole rings is 1. The van der Waals surface area contributed by atoms with Crippen LogP contribution in [-0.2, 0) is 6.18 Å². The highest BCUT2D eigenvalue weighted by Gasteiger charge is 2.33. The van der Waals surface area contributed by atoms with Crippen LogP contribution in [0.4, 0.5) is 38.2 Å². The number of pyridine rings is 1. The summed E-state index contributed by atoms with van der Waals surface area (Å²) in [7, 11) is 0. The van der Waals surface area contributed by atoms with Gasteiger partial charge in [0.2, 0.25) is 0 Å². The van der Waals surface area contributed by atoms with E-state index in [1.165, 1.54) is 36.5 Å². The van der Waals surface area contributed by atoms with Gasteiger partial charge in [-0.25, -0.2) is 9.97 Å². The third-order valence-corrected chi connectivity index (χ3v) is 7.22. The minimum atomic E-state index is -4.76. The SMILES string of the molecule is FC(F)(F)Oc1ccc(-c2cnc(NC3CCCCC3N[C@H]3CCCN(c4ccc(C(F)(F)F)cn4)C3)o2)cc1. The van der Waals surface area contributed by atoms with E-state index in [4.69, 9.17) is 4.42 Å². The Morgan fingerprint density at radius 2 is 1.60 bits per heavy atom. The summed E-state index contributed by atoms with van der Waals surface area (Å²) in [5.41, 5.74) is -0.200. The van der Waals surface area contributed by atoms with Crippen molar-refractivity contribution in [1.29, 1.82) is 0 Å². The molecule has 1 saturated carbocycles. The van der Waals surface area contributed by atoms with E-state index >= 15 is 0 Å². The van der Waals surface area contributed by atoms with Crippen molar-refractivity contribution in [2.75, 3.05) is 23.3 Å². The van der Waals surface area contributed by atoms with Crippen LogP contribution in [0.5, 0.6) is 5.75 Å². The highest BCUT2D eigenvalue weighted by Crippen LogP contribution is 2.31. The minimum Gasteiger partial charge on any atom is -0.424 e. The minimum absolute atomic E-state index is 0.0439. The molecule has 3 heterocycles. The molecule has 216 valence electrons. The van der Waals surface area contributed by atoms with Crippen LogP contribution >= 0.6 is 0 Å². The number of nitrogens with zero attached hydrogens (tertiary/aromatic N) is 3. The molecule has 2 unspecified atom stereocenters. The Morgan fingerprint density at radius 1 is 0.850 bits per heavy atom. The third-order valence-electron chi connectivity index (χ3n) is 7.22. The van der Waals surface area contributed by atoms with E-state index in [9.17, 15) is 26.3 Å². The molecule has 2 fully saturated rings. The largest absolute Gasteiger partial charge is 0.573 e. The fourth-order valence-electron chi connectivity index (χ4n) is 5.32. The quantitative estimate of drug-likeness (QED) is 0.309. The smallest absolute Gasteiger partial charge is 0.424 e. The molecule has 3 aromatic rings. The van der Waals surface area contributed by atoms with Crippen LogP contribution in [0.3, 0.4) is 0 Å². The molecule has 3 atom stereocenters. The average molecular weight is 570 g/mol. The first-order valence-corrected chi connectivity index (χ1v) is 13.2. The highest BCUT2D eigenvalue weighted by atomic mass is 19.4. The van der Waals surface area contributed by atoms with Gasteiger partial charge in [0.25, 0.3) is 6.01 Å². The molecule has 5 rings (SSSR count). The average Bonchev–Trinajstić information content (AvgIpc) is 3.38. The summed E-state index contributed by atoms with van der Waals surface area (Å²) >= 11 is 0. The topological polar surface area (TPSA) is 75.5 Å². The molecule has 0 spiro atoms. The van der Waals surface area contributed by atoms with Crippen molar-refractivity contribution < 1.29 is 35.5 Å². The maximum atomic E-state index is 12.9. The zero-order valence-corrected chi connectivity index (χ0v) is 21.4. The van der Waals surface area contributed by atoms with Crippen LogP contribution in [0.25, 0.3) is 11.3 Å². The Morgan fingerprint density at radius 3 is 2.27 bits per heavy atom. The monoisotopic (exact) mass is 569 g/mol. The first kappa shape index (κ1) is 28.1. The van der Waals surface area contributed by atoms with Gasteiger partial charge in [0, 0.05) is 43.0 Å². The Hall–Kier alpha value is -3.48. The van der Waals surface area contributed by atoms with E-state index in [-0.39, 0.29) is 23.9 Å². The maximum absolute atomic E-state index is 12.9. The molecule has 0 bridgehead atoms. The number of piperidine rings is 1. The normalized spacial score (nSPS) is 22.2. The first-order valence-electron chi connectivity index (χ1n) is 13.2. The summed E-state index contributed by atoms with van der Waals surface area (Å²) in [5.74, 6) is 0.622. The van der Waals surface area contributed by atoms with E-state index in [0.717, 1.165) is 57.3 Å². The van der Waals surface area contributed by atoms with Gasteiger partial charge in [-0.05, 0) is 62.1 Å². The Balaban J connectivity index is 1.19. The fraction of sp³-hybridized carbons (Fsp3) is 0.481. The van der Waals surface area contributed by atoms with Crippen molar-refractivity contribution in [2.24, 2.45) is 0 Å².